The molecule has 0 aliphatic heterocycles. The van der Waals surface area contributed by atoms with Crippen LogP contribution in [0.3, 0.4) is 0 Å². The van der Waals surface area contributed by atoms with Crippen molar-refractivity contribution >= 4 is 35.9 Å². The zero-order valence-electron chi connectivity index (χ0n) is 22.8. The van der Waals surface area contributed by atoms with Gasteiger partial charge >= 0.3 is 0 Å². The SMILES string of the molecule is COc1ccc(/C=N/N=C(\[O-])c2ccccc2)c(OC)c1.[Pd].c1ccc([PH+](c2ccccc2)c2ccccc2)cc1. The quantitative estimate of drug-likeness (QED) is 0.0778. The van der Waals surface area contributed by atoms with E-state index in [1.807, 2.05) is 6.07 Å². The van der Waals surface area contributed by atoms with Crippen molar-refractivity contribution in [3.05, 3.63) is 151 Å². The smallest absolute Gasteiger partial charge is 0.131 e. The molecule has 0 fully saturated rings. The van der Waals surface area contributed by atoms with Crippen molar-refractivity contribution in [2.24, 2.45) is 10.2 Å². The van der Waals surface area contributed by atoms with E-state index >= 15 is 0 Å². The van der Waals surface area contributed by atoms with E-state index in [1.165, 1.54) is 22.1 Å². The molecular formula is C34H31N2O3PPd. The fraction of sp³-hybridized carbons (Fsp3) is 0.0588. The van der Waals surface area contributed by atoms with Gasteiger partial charge in [-0.3, -0.25) is 0 Å². The maximum absolute atomic E-state index is 11.8. The first-order valence-corrected chi connectivity index (χ1v) is 14.3. The Kier molecular flexibility index (Phi) is 13.0. The van der Waals surface area contributed by atoms with Crippen LogP contribution in [0.15, 0.2) is 150 Å². The summed E-state index contributed by atoms with van der Waals surface area (Å²) in [6.45, 7) is 0. The van der Waals surface area contributed by atoms with Gasteiger partial charge in [0.05, 0.1) is 28.4 Å². The Labute approximate surface area is 256 Å². The average Bonchev–Trinajstić information content (AvgIpc) is 3.03. The molecule has 0 amide bonds. The molecule has 0 bridgehead atoms. The minimum atomic E-state index is -0.877. The first-order chi connectivity index (χ1) is 19.7. The number of nitrogens with zero attached hydrogens (tertiary/aromatic N) is 2. The molecule has 5 aromatic carbocycles. The monoisotopic (exact) mass is 652 g/mol. The summed E-state index contributed by atoms with van der Waals surface area (Å²) in [5.74, 6) is 0.890. The number of rotatable bonds is 8. The van der Waals surface area contributed by atoms with E-state index in [4.69, 9.17) is 9.47 Å². The molecular weight excluding hydrogens is 622 g/mol. The van der Waals surface area contributed by atoms with Gasteiger partial charge in [-0.1, -0.05) is 84.9 Å². The number of methoxy groups -OCH3 is 2. The van der Waals surface area contributed by atoms with Crippen molar-refractivity contribution in [2.75, 3.05) is 14.2 Å². The third kappa shape index (κ3) is 9.24. The number of ether oxygens (including phenoxy) is 2. The average molecular weight is 653 g/mol. The van der Waals surface area contributed by atoms with Crippen LogP contribution >= 0.6 is 7.92 Å². The first-order valence-electron chi connectivity index (χ1n) is 12.8. The van der Waals surface area contributed by atoms with E-state index in [0.717, 1.165) is 0 Å². The van der Waals surface area contributed by atoms with Crippen molar-refractivity contribution in [1.82, 2.24) is 0 Å². The van der Waals surface area contributed by atoms with Crippen molar-refractivity contribution in [3.63, 3.8) is 0 Å². The fourth-order valence-corrected chi connectivity index (χ4v) is 6.60. The van der Waals surface area contributed by atoms with Gasteiger partial charge < -0.3 is 14.6 Å². The van der Waals surface area contributed by atoms with Crippen molar-refractivity contribution in [3.8, 4) is 11.5 Å². The number of hydrogen-bond acceptors (Lipinski definition) is 5. The van der Waals surface area contributed by atoms with Crippen LogP contribution in [0.1, 0.15) is 11.1 Å². The Morgan fingerprint density at radius 1 is 0.634 bits per heavy atom. The van der Waals surface area contributed by atoms with Gasteiger partial charge in [-0.05, 0) is 54.1 Å². The van der Waals surface area contributed by atoms with Gasteiger partial charge in [-0.15, -0.1) is 0 Å². The molecule has 5 nitrogen and oxygen atoms in total. The molecule has 0 heterocycles. The second-order valence-corrected chi connectivity index (χ2v) is 11.1. The van der Waals surface area contributed by atoms with Gasteiger partial charge in [-0.25, -0.2) is 0 Å². The van der Waals surface area contributed by atoms with Crippen molar-refractivity contribution in [2.45, 2.75) is 0 Å². The molecule has 0 atom stereocenters. The molecule has 0 saturated carbocycles. The zero-order chi connectivity index (χ0) is 28.0. The van der Waals surface area contributed by atoms with Crippen LogP contribution in [0.5, 0.6) is 11.5 Å². The van der Waals surface area contributed by atoms with Crippen LogP contribution in [-0.2, 0) is 20.4 Å². The summed E-state index contributed by atoms with van der Waals surface area (Å²) in [5, 5.41) is 23.5. The van der Waals surface area contributed by atoms with E-state index in [1.54, 1.807) is 56.7 Å². The maximum atomic E-state index is 11.8. The molecule has 0 aliphatic carbocycles. The summed E-state index contributed by atoms with van der Waals surface area (Å²) in [4.78, 5) is 0. The van der Waals surface area contributed by atoms with Crippen molar-refractivity contribution in [1.29, 1.82) is 0 Å². The topological polar surface area (TPSA) is 66.2 Å². The van der Waals surface area contributed by atoms with Crippen LogP contribution in [0.25, 0.3) is 0 Å². The molecule has 0 aromatic heterocycles. The van der Waals surface area contributed by atoms with Crippen LogP contribution in [0.4, 0.5) is 0 Å². The molecule has 0 unspecified atom stereocenters. The van der Waals surface area contributed by atoms with Gasteiger partial charge in [0.1, 0.15) is 27.4 Å². The van der Waals surface area contributed by atoms with Crippen LogP contribution < -0.4 is 30.5 Å². The predicted molar refractivity (Wildman–Crippen MR) is 167 cm³/mol. The van der Waals surface area contributed by atoms with Gasteiger partial charge in [-0.2, -0.15) is 10.2 Å². The second kappa shape index (κ2) is 16.9. The van der Waals surface area contributed by atoms with Crippen LogP contribution in [0, 0.1) is 0 Å². The summed E-state index contributed by atoms with van der Waals surface area (Å²) >= 11 is 0. The molecule has 210 valence electrons. The molecule has 41 heavy (non-hydrogen) atoms. The normalized spacial score (nSPS) is 10.9. The molecule has 0 spiro atoms. The summed E-state index contributed by atoms with van der Waals surface area (Å²) in [7, 11) is 2.26. The Morgan fingerprint density at radius 2 is 1.10 bits per heavy atom. The fourth-order valence-electron chi connectivity index (χ4n) is 4.02. The molecule has 5 rings (SSSR count). The van der Waals surface area contributed by atoms with E-state index in [2.05, 4.69) is 101 Å². The van der Waals surface area contributed by atoms with E-state index in [9.17, 15) is 5.11 Å². The first kappa shape index (κ1) is 31.5. The van der Waals surface area contributed by atoms with E-state index < -0.39 is 7.92 Å². The Bertz CT molecular complexity index is 1420. The molecule has 0 N–H and O–H groups in total. The second-order valence-electron chi connectivity index (χ2n) is 8.60. The molecule has 0 saturated heterocycles. The third-order valence-corrected chi connectivity index (χ3v) is 8.73. The van der Waals surface area contributed by atoms with Gasteiger partial charge in [0.25, 0.3) is 0 Å². The van der Waals surface area contributed by atoms with E-state index in [-0.39, 0.29) is 26.3 Å². The largest absolute Gasteiger partial charge is 0.857 e. The Balaban J connectivity index is 0.000000221. The van der Waals surface area contributed by atoms with Crippen molar-refractivity contribution < 1.29 is 35.0 Å². The minimum absolute atomic E-state index is 0. The molecule has 0 aliphatic rings. The van der Waals surface area contributed by atoms with Crippen LogP contribution in [-0.4, -0.2) is 26.3 Å². The molecule has 0 radical (unpaired) electrons. The predicted octanol–water partition coefficient (Wildman–Crippen LogP) is 5.02. The zero-order valence-corrected chi connectivity index (χ0v) is 25.3. The summed E-state index contributed by atoms with van der Waals surface area (Å²) in [5.41, 5.74) is 1.21. The minimum Gasteiger partial charge on any atom is -0.857 e. The summed E-state index contributed by atoms with van der Waals surface area (Å²) < 4.78 is 10.3. The number of benzene rings is 5. The summed E-state index contributed by atoms with van der Waals surface area (Å²) in [6, 6.07) is 46.6. The Morgan fingerprint density at radius 3 is 1.54 bits per heavy atom. The van der Waals surface area contributed by atoms with Gasteiger partial charge in [0.15, 0.2) is 0 Å². The van der Waals surface area contributed by atoms with Gasteiger partial charge in [0, 0.05) is 38.0 Å². The third-order valence-electron chi connectivity index (χ3n) is 5.99. The number of hydrogen-bond donors (Lipinski definition) is 0. The van der Waals surface area contributed by atoms with E-state index in [0.29, 0.717) is 22.6 Å². The summed E-state index contributed by atoms with van der Waals surface area (Å²) in [6.07, 6.45) is 1.47. The standard InChI is InChI=1S/C18H15P.C16H16N2O3.Pd/c1-4-10-16(11-5-1)19(17-12-6-2-7-13-17)18-14-8-3-9-15-18;1-20-14-9-8-13(15(10-14)21-2)11-17-18-16(19)12-6-4-3-5-7-12;/h1-15H;3-11H,1-2H3,(H,18,19);/b;17-11+;. The van der Waals surface area contributed by atoms with Gasteiger partial charge in [0.2, 0.25) is 0 Å². The maximum Gasteiger partial charge on any atom is 0.131 e. The van der Waals surface area contributed by atoms with Crippen LogP contribution in [0.2, 0.25) is 0 Å². The molecule has 5 aromatic rings. The molecule has 7 heteroatoms. The Hall–Kier alpha value is -4.07.